The van der Waals surface area contributed by atoms with Crippen LogP contribution in [0.3, 0.4) is 0 Å². The molecule has 11 heteroatoms. The Kier molecular flexibility index (Phi) is 13.7. The number of benzene rings is 1. The van der Waals surface area contributed by atoms with E-state index in [1.807, 2.05) is 19.1 Å². The highest BCUT2D eigenvalue weighted by Crippen LogP contribution is 2.05. The molecular formula is C24H36N4O7. The van der Waals surface area contributed by atoms with Crippen LogP contribution in [0.25, 0.3) is 0 Å². The molecule has 0 heterocycles. The van der Waals surface area contributed by atoms with E-state index in [0.29, 0.717) is 31.4 Å². The highest BCUT2D eigenvalue weighted by molar-refractivity contribution is 5.94. The highest BCUT2D eigenvalue weighted by Gasteiger charge is 2.22. The maximum absolute atomic E-state index is 12.3. The molecule has 0 saturated carbocycles. The van der Waals surface area contributed by atoms with Crippen LogP contribution in [0, 0.1) is 6.92 Å². The van der Waals surface area contributed by atoms with Crippen molar-refractivity contribution in [3.8, 4) is 0 Å². The molecule has 4 amide bonds. The van der Waals surface area contributed by atoms with Gasteiger partial charge in [0.2, 0.25) is 17.7 Å². The number of amides is 4. The molecule has 6 N–H and O–H groups in total. The number of carbonyl (C=O) groups is 5. The first kappa shape index (κ1) is 29.6. The van der Waals surface area contributed by atoms with E-state index in [-0.39, 0.29) is 38.3 Å². The summed E-state index contributed by atoms with van der Waals surface area (Å²) in [7, 11) is 0. The van der Waals surface area contributed by atoms with E-state index in [1.165, 1.54) is 0 Å². The highest BCUT2D eigenvalue weighted by atomic mass is 16.4. The summed E-state index contributed by atoms with van der Waals surface area (Å²) < 4.78 is 0. The number of hydrogen-bond donors (Lipinski definition) is 6. The largest absolute Gasteiger partial charge is 0.481 e. The fraction of sp³-hybridized carbons (Fsp3) is 0.542. The number of rotatable bonds is 16. The van der Waals surface area contributed by atoms with Gasteiger partial charge in [0, 0.05) is 24.9 Å². The van der Waals surface area contributed by atoms with Gasteiger partial charge in [-0.3, -0.25) is 24.0 Å². The Hall–Kier alpha value is -3.47. The third-order valence-corrected chi connectivity index (χ3v) is 5.17. The number of aryl methyl sites for hydroxylation is 1. The lowest BCUT2D eigenvalue weighted by atomic mass is 10.1. The number of aliphatic hydroxyl groups excluding tert-OH is 1. The van der Waals surface area contributed by atoms with Crippen LogP contribution in [0.5, 0.6) is 0 Å². The summed E-state index contributed by atoms with van der Waals surface area (Å²) >= 11 is 0. The first-order valence-electron chi connectivity index (χ1n) is 11.7. The van der Waals surface area contributed by atoms with E-state index in [1.54, 1.807) is 19.1 Å². The molecule has 1 aromatic carbocycles. The van der Waals surface area contributed by atoms with Crippen LogP contribution >= 0.6 is 0 Å². The molecule has 0 spiro atoms. The lowest BCUT2D eigenvalue weighted by Gasteiger charge is -2.19. The van der Waals surface area contributed by atoms with Gasteiger partial charge in [-0.2, -0.15) is 0 Å². The van der Waals surface area contributed by atoms with Crippen LogP contribution in [0.15, 0.2) is 24.3 Å². The summed E-state index contributed by atoms with van der Waals surface area (Å²) in [6.45, 7) is 3.29. The van der Waals surface area contributed by atoms with Crippen molar-refractivity contribution in [2.75, 3.05) is 19.7 Å². The van der Waals surface area contributed by atoms with Crippen LogP contribution in [-0.2, 0) is 19.2 Å². The van der Waals surface area contributed by atoms with Crippen LogP contribution in [-0.4, -0.2) is 71.6 Å². The average Bonchev–Trinajstić information content (AvgIpc) is 2.83. The maximum Gasteiger partial charge on any atom is 0.303 e. The number of aliphatic hydroxyl groups is 1. The molecule has 0 radical (unpaired) electrons. The van der Waals surface area contributed by atoms with Gasteiger partial charge in [-0.25, -0.2) is 0 Å². The van der Waals surface area contributed by atoms with Gasteiger partial charge in [0.25, 0.3) is 5.91 Å². The number of carboxylic acid groups (broad SMARTS) is 1. The van der Waals surface area contributed by atoms with Gasteiger partial charge in [-0.05, 0) is 44.7 Å². The number of nitrogens with one attached hydrogen (secondary N) is 4. The molecule has 2 unspecified atom stereocenters. The Morgan fingerprint density at radius 1 is 0.971 bits per heavy atom. The second kappa shape index (κ2) is 16.2. The molecule has 0 aromatic heterocycles. The average molecular weight is 493 g/mol. The standard InChI is InChI=1S/C24H36N4O7/c1-3-20(30)28-19(10-11-22(32)33)24(35)26-14-21(31)27-18(15-29)9-4-5-12-25-23(34)17-8-6-7-16(2)13-17/h6-8,13,18-19,29H,3-5,9-12,14-15H2,1-2H3,(H,25,34)(H,26,35)(H,27,31)(H,28,30)(H,32,33). The van der Waals surface area contributed by atoms with E-state index in [2.05, 4.69) is 21.3 Å². The van der Waals surface area contributed by atoms with Crippen molar-refractivity contribution >= 4 is 29.6 Å². The Morgan fingerprint density at radius 3 is 2.34 bits per heavy atom. The summed E-state index contributed by atoms with van der Waals surface area (Å²) in [5.41, 5.74) is 1.59. The fourth-order valence-electron chi connectivity index (χ4n) is 3.22. The fourth-order valence-corrected chi connectivity index (χ4v) is 3.22. The summed E-state index contributed by atoms with van der Waals surface area (Å²) in [6, 6.07) is 5.69. The van der Waals surface area contributed by atoms with Gasteiger partial charge < -0.3 is 31.5 Å². The van der Waals surface area contributed by atoms with Crippen molar-refractivity contribution in [1.29, 1.82) is 0 Å². The van der Waals surface area contributed by atoms with Crippen molar-refractivity contribution in [2.45, 2.75) is 64.5 Å². The van der Waals surface area contributed by atoms with Gasteiger partial charge in [-0.1, -0.05) is 24.6 Å². The zero-order valence-corrected chi connectivity index (χ0v) is 20.3. The molecule has 0 aliphatic heterocycles. The Balaban J connectivity index is 2.36. The normalized spacial score (nSPS) is 12.2. The lowest BCUT2D eigenvalue weighted by molar-refractivity contribution is -0.138. The van der Waals surface area contributed by atoms with Crippen molar-refractivity contribution in [1.82, 2.24) is 21.3 Å². The van der Waals surface area contributed by atoms with E-state index in [4.69, 9.17) is 5.11 Å². The molecule has 1 aromatic rings. The Labute approximate surface area is 205 Å². The van der Waals surface area contributed by atoms with E-state index >= 15 is 0 Å². The van der Waals surface area contributed by atoms with Crippen LogP contribution in [0.2, 0.25) is 0 Å². The molecule has 1 rings (SSSR count). The molecule has 0 aliphatic carbocycles. The molecule has 35 heavy (non-hydrogen) atoms. The molecule has 0 bridgehead atoms. The van der Waals surface area contributed by atoms with E-state index < -0.39 is 35.8 Å². The molecule has 0 saturated heterocycles. The predicted molar refractivity (Wildman–Crippen MR) is 128 cm³/mol. The number of aliphatic carboxylic acids is 1. The van der Waals surface area contributed by atoms with Crippen molar-refractivity contribution < 1.29 is 34.2 Å². The number of hydrogen-bond acceptors (Lipinski definition) is 6. The molecule has 194 valence electrons. The van der Waals surface area contributed by atoms with Gasteiger partial charge in [0.15, 0.2) is 0 Å². The van der Waals surface area contributed by atoms with E-state index in [9.17, 15) is 29.1 Å². The second-order valence-corrected chi connectivity index (χ2v) is 8.19. The summed E-state index contributed by atoms with van der Waals surface area (Å²) in [4.78, 5) is 59.0. The smallest absolute Gasteiger partial charge is 0.303 e. The lowest BCUT2D eigenvalue weighted by Crippen LogP contribution is -2.50. The topological polar surface area (TPSA) is 174 Å². The Morgan fingerprint density at radius 2 is 1.71 bits per heavy atom. The van der Waals surface area contributed by atoms with Gasteiger partial charge >= 0.3 is 5.97 Å². The van der Waals surface area contributed by atoms with Gasteiger partial charge in [0.05, 0.1) is 19.2 Å². The predicted octanol–water partition coefficient (Wildman–Crippen LogP) is 0.248. The quantitative estimate of drug-likeness (QED) is 0.179. The third-order valence-electron chi connectivity index (χ3n) is 5.17. The first-order chi connectivity index (χ1) is 16.7. The van der Waals surface area contributed by atoms with Gasteiger partial charge in [-0.15, -0.1) is 0 Å². The Bertz CT molecular complexity index is 875. The van der Waals surface area contributed by atoms with Crippen LogP contribution < -0.4 is 21.3 Å². The van der Waals surface area contributed by atoms with Crippen LogP contribution in [0.4, 0.5) is 0 Å². The van der Waals surface area contributed by atoms with E-state index in [0.717, 1.165) is 5.56 Å². The van der Waals surface area contributed by atoms with Crippen LogP contribution in [0.1, 0.15) is 61.4 Å². The monoisotopic (exact) mass is 492 g/mol. The minimum atomic E-state index is -1.10. The second-order valence-electron chi connectivity index (χ2n) is 8.19. The number of carbonyl (C=O) groups excluding carboxylic acids is 4. The van der Waals surface area contributed by atoms with Crippen molar-refractivity contribution in [2.24, 2.45) is 0 Å². The molecule has 0 fully saturated rings. The summed E-state index contributed by atoms with van der Waals surface area (Å²) in [5.74, 6) is -2.85. The number of carboxylic acids is 1. The minimum absolute atomic E-state index is 0.103. The van der Waals surface area contributed by atoms with Crippen molar-refractivity contribution in [3.63, 3.8) is 0 Å². The number of unbranched alkanes of at least 4 members (excludes halogenated alkanes) is 1. The minimum Gasteiger partial charge on any atom is -0.481 e. The molecule has 11 nitrogen and oxygen atoms in total. The van der Waals surface area contributed by atoms with Gasteiger partial charge in [0.1, 0.15) is 6.04 Å². The zero-order chi connectivity index (χ0) is 26.2. The zero-order valence-electron chi connectivity index (χ0n) is 20.3. The molecular weight excluding hydrogens is 456 g/mol. The summed E-state index contributed by atoms with van der Waals surface area (Å²) in [5, 5.41) is 28.6. The third kappa shape index (κ3) is 12.5. The SMILES string of the molecule is CCC(=O)NC(CCC(=O)O)C(=O)NCC(=O)NC(CO)CCCCNC(=O)c1cccc(C)c1. The maximum atomic E-state index is 12.3. The summed E-state index contributed by atoms with van der Waals surface area (Å²) in [6.07, 6.45) is 1.49. The molecule has 2 atom stereocenters. The molecule has 0 aliphatic rings. The first-order valence-corrected chi connectivity index (χ1v) is 11.7. The van der Waals surface area contributed by atoms with Crippen molar-refractivity contribution in [3.05, 3.63) is 35.4 Å².